The van der Waals surface area contributed by atoms with E-state index in [-0.39, 0.29) is 33.0 Å². The third kappa shape index (κ3) is 9.81. The van der Waals surface area contributed by atoms with Crippen molar-refractivity contribution in [3.05, 3.63) is 169 Å². The van der Waals surface area contributed by atoms with Crippen molar-refractivity contribution >= 4 is 56.1 Å². The normalized spacial score (nSPS) is 10.2. The lowest BCUT2D eigenvalue weighted by atomic mass is 10.1. The van der Waals surface area contributed by atoms with E-state index in [0.29, 0.717) is 0 Å². The van der Waals surface area contributed by atoms with Crippen molar-refractivity contribution in [1.82, 2.24) is 49.8 Å². The Kier molecular flexibility index (Phi) is 14.5. The third-order valence-electron chi connectivity index (χ3n) is 9.40. The molecule has 0 aliphatic heterocycles. The largest absolute Gasteiger partial charge is 0.478 e. The zero-order valence-corrected chi connectivity index (χ0v) is 33.4. The molecule has 0 radical (unpaired) electrons. The fourth-order valence-corrected chi connectivity index (χ4v) is 6.45. The number of hydrogen-bond donors (Lipinski definition) is 6. The molecule has 0 amide bonds. The Morgan fingerprint density at radius 3 is 0.766 bits per heavy atom. The summed E-state index contributed by atoms with van der Waals surface area (Å²) < 4.78 is 0. The van der Waals surface area contributed by atoms with Gasteiger partial charge in [-0.25, -0.2) is 39.5 Å². The molecule has 5 aromatic carbocycles. The maximum Gasteiger partial charge on any atom is 0.335 e. The highest BCUT2D eigenvalue weighted by molar-refractivity contribution is 5.91. The standard InChI is InChI=1S/2C19H13N5.C8H6O4.4H2O/c2*1-2-7-13-12(6-1)21-18(22-13)16-10-5-11-17(20-16)19-23-14-8-3-4-9-15(14)24-19;9-7(10)5-1-2-6(4-3-5)8(11)12;;;;/h2*1-11H,(H,21,22)(H,23,24);1-4H,(H,9,10)(H,11,12);4*1H2. The van der Waals surface area contributed by atoms with Gasteiger partial charge in [-0.05, 0) is 97.1 Å². The van der Waals surface area contributed by atoms with E-state index in [1.54, 1.807) is 0 Å². The van der Waals surface area contributed by atoms with Gasteiger partial charge in [0, 0.05) is 0 Å². The SMILES string of the molecule is O.O.O.O.O=C(O)c1ccc(C(=O)O)cc1.c1cc(-c2nc3ccccc3[nH]2)nc(-c2nc3ccccc3[nH]2)c1.c1cc(-c2nc3ccccc3[nH]2)nc(-c2nc3ccccc3[nH]2)c1. The zero-order valence-electron chi connectivity index (χ0n) is 33.4. The number of carbonyl (C=O) groups is 2. The number of pyridine rings is 2. The van der Waals surface area contributed by atoms with Gasteiger partial charge in [-0.15, -0.1) is 0 Å². The number of aromatic carboxylic acids is 2. The lowest BCUT2D eigenvalue weighted by Gasteiger charge is -1.99. The predicted octanol–water partition coefficient (Wildman–Crippen LogP) is 6.12. The van der Waals surface area contributed by atoms with Gasteiger partial charge in [0.2, 0.25) is 0 Å². The lowest BCUT2D eigenvalue weighted by Crippen LogP contribution is -1.99. The van der Waals surface area contributed by atoms with Gasteiger partial charge in [0.15, 0.2) is 23.3 Å². The number of carboxylic acid groups (broad SMARTS) is 2. The molecule has 0 atom stereocenters. The number of H-pyrrole nitrogens is 4. The molecule has 6 heterocycles. The quantitative estimate of drug-likeness (QED) is 0.111. The maximum absolute atomic E-state index is 10.3. The molecule has 0 saturated carbocycles. The topological polar surface area (TPSA) is 341 Å². The number of para-hydroxylation sites is 8. The summed E-state index contributed by atoms with van der Waals surface area (Å²) in [6.07, 6.45) is 0. The van der Waals surface area contributed by atoms with Gasteiger partial charge in [-0.1, -0.05) is 60.7 Å². The number of imidazole rings is 4. The molecule has 0 saturated heterocycles. The minimum Gasteiger partial charge on any atom is -0.478 e. The van der Waals surface area contributed by atoms with Gasteiger partial charge in [0.25, 0.3) is 0 Å². The van der Waals surface area contributed by atoms with Crippen LogP contribution in [0.1, 0.15) is 20.7 Å². The van der Waals surface area contributed by atoms with Gasteiger partial charge in [-0.2, -0.15) is 0 Å². The Morgan fingerprint density at radius 1 is 0.312 bits per heavy atom. The summed E-state index contributed by atoms with van der Waals surface area (Å²) in [7, 11) is 0. The molecule has 18 nitrogen and oxygen atoms in total. The van der Waals surface area contributed by atoms with Crippen molar-refractivity contribution in [2.45, 2.75) is 0 Å². The van der Waals surface area contributed by atoms with Crippen LogP contribution in [0.5, 0.6) is 0 Å². The first-order chi connectivity index (χ1) is 29.3. The summed E-state index contributed by atoms with van der Waals surface area (Å²) in [5.41, 5.74) is 11.1. The van der Waals surface area contributed by atoms with Crippen LogP contribution < -0.4 is 0 Å². The van der Waals surface area contributed by atoms with Gasteiger partial charge < -0.3 is 52.1 Å². The van der Waals surface area contributed by atoms with E-state index in [0.717, 1.165) is 90.2 Å². The first-order valence-electron chi connectivity index (χ1n) is 18.7. The zero-order chi connectivity index (χ0) is 41.0. The summed E-state index contributed by atoms with van der Waals surface area (Å²) in [5, 5.41) is 16.9. The summed E-state index contributed by atoms with van der Waals surface area (Å²) >= 11 is 0. The number of rotatable bonds is 6. The number of nitrogens with one attached hydrogen (secondary N) is 4. The van der Waals surface area contributed by atoms with Crippen LogP contribution in [0.15, 0.2) is 158 Å². The molecule has 14 N–H and O–H groups in total. The molecular formula is C46H40N10O8. The van der Waals surface area contributed by atoms with E-state index in [1.807, 2.05) is 133 Å². The first-order valence-corrected chi connectivity index (χ1v) is 18.7. The predicted molar refractivity (Wildman–Crippen MR) is 244 cm³/mol. The number of carboxylic acids is 2. The van der Waals surface area contributed by atoms with Crippen LogP contribution >= 0.6 is 0 Å². The average molecular weight is 861 g/mol. The Hall–Kier alpha value is -8.94. The third-order valence-corrected chi connectivity index (χ3v) is 9.40. The number of benzene rings is 5. The minimum atomic E-state index is -1.06. The number of hydrogen-bond acceptors (Lipinski definition) is 8. The second kappa shape index (κ2) is 20.1. The molecule has 64 heavy (non-hydrogen) atoms. The number of aromatic amines is 4. The van der Waals surface area contributed by atoms with Crippen molar-refractivity contribution in [1.29, 1.82) is 0 Å². The van der Waals surface area contributed by atoms with Gasteiger partial charge >= 0.3 is 11.9 Å². The summed E-state index contributed by atoms with van der Waals surface area (Å²) in [6, 6.07) is 48.6. The van der Waals surface area contributed by atoms with Crippen LogP contribution in [0, 0.1) is 0 Å². The van der Waals surface area contributed by atoms with Crippen molar-refractivity contribution in [3.63, 3.8) is 0 Å². The molecule has 0 spiro atoms. The summed E-state index contributed by atoms with van der Waals surface area (Å²) in [5.74, 6) is 0.908. The average Bonchev–Trinajstić information content (AvgIpc) is 4.11. The molecule has 6 aromatic heterocycles. The molecule has 18 heteroatoms. The van der Waals surface area contributed by atoms with E-state index >= 15 is 0 Å². The molecule has 0 unspecified atom stereocenters. The van der Waals surface area contributed by atoms with Gasteiger partial charge in [-0.3, -0.25) is 0 Å². The highest BCUT2D eigenvalue weighted by Gasteiger charge is 2.12. The molecule has 322 valence electrons. The van der Waals surface area contributed by atoms with Crippen LogP contribution in [0.2, 0.25) is 0 Å². The van der Waals surface area contributed by atoms with Gasteiger partial charge in [0.1, 0.15) is 22.8 Å². The molecule has 0 fully saturated rings. The molecule has 0 bridgehead atoms. The highest BCUT2D eigenvalue weighted by atomic mass is 16.4. The Balaban J connectivity index is 0.000000185. The summed E-state index contributed by atoms with van der Waals surface area (Å²) in [4.78, 5) is 61.8. The van der Waals surface area contributed by atoms with E-state index in [2.05, 4.69) is 39.9 Å². The van der Waals surface area contributed by atoms with Crippen molar-refractivity contribution in [3.8, 4) is 46.1 Å². The fraction of sp³-hybridized carbons (Fsp3) is 0. The lowest BCUT2D eigenvalue weighted by molar-refractivity contribution is 0.0681. The van der Waals surface area contributed by atoms with Crippen molar-refractivity contribution in [2.75, 3.05) is 0 Å². The summed E-state index contributed by atoms with van der Waals surface area (Å²) in [6.45, 7) is 0. The van der Waals surface area contributed by atoms with Crippen LogP contribution in [0.3, 0.4) is 0 Å². The Labute approximate surface area is 361 Å². The molecule has 0 aliphatic rings. The fourth-order valence-electron chi connectivity index (χ4n) is 6.45. The number of aromatic nitrogens is 10. The number of fused-ring (bicyclic) bond motifs is 4. The van der Waals surface area contributed by atoms with E-state index in [9.17, 15) is 9.59 Å². The van der Waals surface area contributed by atoms with E-state index in [1.165, 1.54) is 24.3 Å². The molecule has 0 aliphatic carbocycles. The second-order valence-electron chi connectivity index (χ2n) is 13.4. The van der Waals surface area contributed by atoms with Crippen molar-refractivity contribution in [2.24, 2.45) is 0 Å². The van der Waals surface area contributed by atoms with E-state index in [4.69, 9.17) is 20.2 Å². The van der Waals surface area contributed by atoms with Crippen molar-refractivity contribution < 1.29 is 41.7 Å². The molecule has 11 rings (SSSR count). The second-order valence-corrected chi connectivity index (χ2v) is 13.4. The first kappa shape index (κ1) is 46.1. The highest BCUT2D eigenvalue weighted by Crippen LogP contribution is 2.25. The number of nitrogens with zero attached hydrogens (tertiary/aromatic N) is 6. The Bertz CT molecular complexity index is 2790. The van der Waals surface area contributed by atoms with Gasteiger partial charge in [0.05, 0.1) is 55.3 Å². The Morgan fingerprint density at radius 2 is 0.547 bits per heavy atom. The maximum atomic E-state index is 10.3. The van der Waals surface area contributed by atoms with E-state index < -0.39 is 11.9 Å². The molecular weight excluding hydrogens is 821 g/mol. The van der Waals surface area contributed by atoms with Crippen LogP contribution in [0.25, 0.3) is 90.2 Å². The minimum absolute atomic E-state index is 0. The molecule has 11 aromatic rings. The van der Waals surface area contributed by atoms with Crippen LogP contribution in [-0.4, -0.2) is 93.9 Å². The van der Waals surface area contributed by atoms with Crippen LogP contribution in [0.4, 0.5) is 0 Å². The monoisotopic (exact) mass is 860 g/mol. The van der Waals surface area contributed by atoms with Crippen LogP contribution in [-0.2, 0) is 0 Å². The smallest absolute Gasteiger partial charge is 0.335 e.